The van der Waals surface area contributed by atoms with Crippen molar-refractivity contribution in [2.24, 2.45) is 0 Å². The average Bonchev–Trinajstić information content (AvgIpc) is 2.46. The number of alkyl halides is 12. The summed E-state index contributed by atoms with van der Waals surface area (Å²) >= 11 is 0. The number of rotatable bonds is 10. The Bertz CT molecular complexity index is 435. The predicted molar refractivity (Wildman–Crippen MR) is 63.3 cm³/mol. The number of ether oxygens (including phenoxy) is 3. The van der Waals surface area contributed by atoms with Gasteiger partial charge in [-0.3, -0.25) is 0 Å². The van der Waals surface area contributed by atoms with Crippen LogP contribution in [-0.4, -0.2) is 49.5 Å². The van der Waals surface area contributed by atoms with Crippen molar-refractivity contribution < 1.29 is 66.9 Å². The summed E-state index contributed by atoms with van der Waals surface area (Å²) < 4.78 is 165. The van der Waals surface area contributed by atoms with E-state index < -0.39 is 62.3 Å². The minimum atomic E-state index is -6.79. The summed E-state index contributed by atoms with van der Waals surface area (Å²) in [6.07, 6.45) is -28.1. The van der Waals surface area contributed by atoms with Gasteiger partial charge in [0.1, 0.15) is 0 Å². The zero-order chi connectivity index (χ0) is 21.9. The van der Waals surface area contributed by atoms with Crippen molar-refractivity contribution in [3.63, 3.8) is 0 Å². The maximum atomic E-state index is 13.7. The summed E-state index contributed by atoms with van der Waals surface area (Å²) in [5, 5.41) is 0. The molecule has 0 bridgehead atoms. The number of hydrogen-bond acceptors (Lipinski definition) is 3. The Morgan fingerprint density at radius 1 is 0.519 bits per heavy atom. The molecule has 0 rings (SSSR count). The highest BCUT2D eigenvalue weighted by atomic mass is 19.4. The SMILES string of the molecule is CCCOC(F)(C(F)(F)F)C(F)(F)OC(F)(F)C(F)(OCCC)C(F)(F)F. The lowest BCUT2D eigenvalue weighted by Gasteiger charge is -2.39. The van der Waals surface area contributed by atoms with Gasteiger partial charge < -0.3 is 9.47 Å². The van der Waals surface area contributed by atoms with Crippen LogP contribution in [0, 0.1) is 0 Å². The van der Waals surface area contributed by atoms with Crippen LogP contribution >= 0.6 is 0 Å². The van der Waals surface area contributed by atoms with Crippen LogP contribution in [-0.2, 0) is 14.2 Å². The van der Waals surface area contributed by atoms with E-state index in [2.05, 4.69) is 14.2 Å². The topological polar surface area (TPSA) is 27.7 Å². The molecule has 0 aliphatic heterocycles. The monoisotopic (exact) mass is 434 g/mol. The van der Waals surface area contributed by atoms with Gasteiger partial charge in [-0.25, -0.2) is 4.74 Å². The van der Waals surface area contributed by atoms with Crippen molar-refractivity contribution in [1.29, 1.82) is 0 Å². The predicted octanol–water partition coefficient (Wildman–Crippen LogP) is 5.50. The van der Waals surface area contributed by atoms with E-state index >= 15 is 0 Å². The van der Waals surface area contributed by atoms with Crippen LogP contribution in [0.3, 0.4) is 0 Å². The fraction of sp³-hybridized carbons (Fsp3) is 1.00. The minimum absolute atomic E-state index is 0.524. The van der Waals surface area contributed by atoms with E-state index in [-0.39, 0.29) is 0 Å². The minimum Gasteiger partial charge on any atom is -0.332 e. The molecule has 0 aromatic rings. The Morgan fingerprint density at radius 3 is 0.963 bits per heavy atom. The van der Waals surface area contributed by atoms with Gasteiger partial charge in [-0.1, -0.05) is 13.8 Å². The maximum absolute atomic E-state index is 13.7. The van der Waals surface area contributed by atoms with E-state index in [1.54, 1.807) is 0 Å². The smallest absolute Gasteiger partial charge is 0.332 e. The third-order valence-electron chi connectivity index (χ3n) is 2.74. The van der Waals surface area contributed by atoms with Crippen LogP contribution < -0.4 is 0 Å². The Hall–Kier alpha value is -0.960. The highest BCUT2D eigenvalue weighted by Crippen LogP contribution is 2.53. The Balaban J connectivity index is 6.07. The lowest BCUT2D eigenvalue weighted by atomic mass is 10.2. The van der Waals surface area contributed by atoms with E-state index in [0.717, 1.165) is 13.8 Å². The van der Waals surface area contributed by atoms with Gasteiger partial charge in [0.2, 0.25) is 0 Å². The molecule has 2 atom stereocenters. The summed E-state index contributed by atoms with van der Waals surface area (Å²) in [7, 11) is 0. The fourth-order valence-corrected chi connectivity index (χ4v) is 1.44. The van der Waals surface area contributed by atoms with Crippen LogP contribution in [0.15, 0.2) is 0 Å². The molecule has 0 aromatic heterocycles. The summed E-state index contributed by atoms with van der Waals surface area (Å²) in [4.78, 5) is 0. The lowest BCUT2D eigenvalue weighted by Crippen LogP contribution is -2.65. The van der Waals surface area contributed by atoms with Crippen LogP contribution in [0.25, 0.3) is 0 Å². The second-order valence-electron chi connectivity index (χ2n) is 5.02. The summed E-state index contributed by atoms with van der Waals surface area (Å²) in [5.74, 6) is -12.6. The van der Waals surface area contributed by atoms with Gasteiger partial charge in [0.15, 0.2) is 0 Å². The molecule has 0 saturated heterocycles. The molecule has 15 heteroatoms. The largest absolute Gasteiger partial charge is 0.457 e. The van der Waals surface area contributed by atoms with Gasteiger partial charge >= 0.3 is 36.3 Å². The van der Waals surface area contributed by atoms with Crippen molar-refractivity contribution in [2.75, 3.05) is 13.2 Å². The summed E-state index contributed by atoms with van der Waals surface area (Å²) in [6, 6.07) is 0. The van der Waals surface area contributed by atoms with Gasteiger partial charge in [0, 0.05) is 0 Å². The third kappa shape index (κ3) is 5.10. The quantitative estimate of drug-likeness (QED) is 0.425. The van der Waals surface area contributed by atoms with E-state index in [0.29, 0.717) is 0 Å². The van der Waals surface area contributed by atoms with Crippen molar-refractivity contribution in [3.05, 3.63) is 0 Å². The Labute approximate surface area is 144 Å². The van der Waals surface area contributed by atoms with E-state index in [9.17, 15) is 52.7 Å². The average molecular weight is 434 g/mol. The maximum Gasteiger partial charge on any atom is 0.457 e. The van der Waals surface area contributed by atoms with Crippen LogP contribution in [0.1, 0.15) is 26.7 Å². The molecule has 0 aliphatic carbocycles. The number of hydrogen-bond donors (Lipinski definition) is 0. The highest BCUT2D eigenvalue weighted by Gasteiger charge is 2.82. The van der Waals surface area contributed by atoms with Crippen molar-refractivity contribution in [2.45, 2.75) is 63.0 Å². The van der Waals surface area contributed by atoms with Gasteiger partial charge in [-0.2, -0.15) is 52.7 Å². The van der Waals surface area contributed by atoms with Gasteiger partial charge in [-0.05, 0) is 12.8 Å². The molecule has 0 amide bonds. The molecule has 164 valence electrons. The van der Waals surface area contributed by atoms with E-state index in [1.165, 1.54) is 0 Å². The zero-order valence-electron chi connectivity index (χ0n) is 13.6. The molecule has 3 nitrogen and oxygen atoms in total. The van der Waals surface area contributed by atoms with Crippen molar-refractivity contribution in [3.8, 4) is 0 Å². The molecule has 0 heterocycles. The lowest BCUT2D eigenvalue weighted by molar-refractivity contribution is -0.540. The summed E-state index contributed by atoms with van der Waals surface area (Å²) in [5.41, 5.74) is 0. The standard InChI is InChI=1S/C12H14F12O3/c1-3-5-25-7(13,9(15,16)17)11(21,22)27-12(23,24)8(14,10(18,19)20)26-6-4-2/h3-6H2,1-2H3. The van der Waals surface area contributed by atoms with Gasteiger partial charge in [-0.15, -0.1) is 0 Å². The molecule has 0 radical (unpaired) electrons. The first-order valence-corrected chi connectivity index (χ1v) is 7.08. The van der Waals surface area contributed by atoms with Gasteiger partial charge in [0.05, 0.1) is 13.2 Å². The first-order chi connectivity index (χ1) is 11.8. The van der Waals surface area contributed by atoms with Crippen LogP contribution in [0.2, 0.25) is 0 Å². The number of halogens is 12. The zero-order valence-corrected chi connectivity index (χ0v) is 13.6. The normalized spacial score (nSPS) is 18.9. The van der Waals surface area contributed by atoms with Crippen LogP contribution in [0.4, 0.5) is 52.7 Å². The van der Waals surface area contributed by atoms with E-state index in [1.807, 2.05) is 0 Å². The molecule has 27 heavy (non-hydrogen) atoms. The molecule has 0 N–H and O–H groups in total. The first kappa shape index (κ1) is 26.0. The van der Waals surface area contributed by atoms with E-state index in [4.69, 9.17) is 0 Å². The van der Waals surface area contributed by atoms with Crippen LogP contribution in [0.5, 0.6) is 0 Å². The Morgan fingerprint density at radius 2 is 0.778 bits per heavy atom. The fourth-order valence-electron chi connectivity index (χ4n) is 1.44. The highest BCUT2D eigenvalue weighted by molar-refractivity contribution is 4.92. The molecular weight excluding hydrogens is 420 g/mol. The second kappa shape index (κ2) is 8.19. The molecule has 0 spiro atoms. The van der Waals surface area contributed by atoms with Gasteiger partial charge in [0.25, 0.3) is 0 Å². The van der Waals surface area contributed by atoms with Crippen molar-refractivity contribution in [1.82, 2.24) is 0 Å². The van der Waals surface area contributed by atoms with Crippen molar-refractivity contribution >= 4 is 0 Å². The molecule has 0 saturated carbocycles. The Kier molecular flexibility index (Phi) is 7.90. The molecule has 0 aliphatic rings. The molecular formula is C12H14F12O3. The summed E-state index contributed by atoms with van der Waals surface area (Å²) in [6.45, 7) is -0.793. The molecule has 0 aromatic carbocycles. The molecule has 2 unspecified atom stereocenters. The third-order valence-corrected chi connectivity index (χ3v) is 2.74. The first-order valence-electron chi connectivity index (χ1n) is 7.08. The molecule has 0 fully saturated rings. The second-order valence-corrected chi connectivity index (χ2v) is 5.02.